The fraction of sp³-hybridized carbons (Fsp3) is 1.00. The fourth-order valence-corrected chi connectivity index (χ4v) is 5.07. The number of sulfonamides is 1. The van der Waals surface area contributed by atoms with Gasteiger partial charge in [-0.05, 0) is 12.8 Å². The van der Waals surface area contributed by atoms with E-state index in [1.807, 2.05) is 0 Å². The molecule has 0 amide bonds. The van der Waals surface area contributed by atoms with Gasteiger partial charge in [0.2, 0.25) is 10.0 Å². The fourth-order valence-electron chi connectivity index (χ4n) is 2.41. The zero-order chi connectivity index (χ0) is 13.7. The second-order valence-electron chi connectivity index (χ2n) is 5.15. The Hall–Kier alpha value is -0.0200. The van der Waals surface area contributed by atoms with Gasteiger partial charge in [0.05, 0.1) is 5.75 Å². The lowest BCUT2D eigenvalue weighted by molar-refractivity contribution is 0.253. The van der Waals surface area contributed by atoms with Crippen molar-refractivity contribution >= 4 is 20.8 Å². The summed E-state index contributed by atoms with van der Waals surface area (Å²) in [5.41, 5.74) is 0. The van der Waals surface area contributed by atoms with Gasteiger partial charge in [-0.3, -0.25) is 9.11 Å². The first kappa shape index (κ1) is 15.4. The first-order valence-corrected chi connectivity index (χ1v) is 9.97. The van der Waals surface area contributed by atoms with Crippen LogP contribution in [0.25, 0.3) is 0 Å². The van der Waals surface area contributed by atoms with Gasteiger partial charge >= 0.3 is 0 Å². The van der Waals surface area contributed by atoms with Crippen molar-refractivity contribution in [3.05, 3.63) is 0 Å². The van der Waals surface area contributed by atoms with E-state index in [2.05, 4.69) is 14.9 Å². The molecule has 8 heteroatoms. The lowest BCUT2D eigenvalue weighted by Crippen LogP contribution is -2.47. The van der Waals surface area contributed by atoms with E-state index in [0.29, 0.717) is 30.9 Å². The third kappa shape index (κ3) is 5.47. The minimum absolute atomic E-state index is 0.0225. The second kappa shape index (κ2) is 7.12. The molecule has 2 saturated heterocycles. The summed E-state index contributed by atoms with van der Waals surface area (Å²) in [6.07, 6.45) is 1.39. The summed E-state index contributed by atoms with van der Waals surface area (Å²) in [7, 11) is -3.96. The molecule has 0 unspecified atom stereocenters. The highest BCUT2D eigenvalue weighted by Crippen LogP contribution is 2.10. The van der Waals surface area contributed by atoms with Gasteiger partial charge in [-0.1, -0.05) is 0 Å². The van der Waals surface area contributed by atoms with Crippen molar-refractivity contribution in [2.75, 3.05) is 50.0 Å². The first-order valence-electron chi connectivity index (χ1n) is 6.83. The number of hydrogen-bond acceptors (Lipinski definition) is 5. The Morgan fingerprint density at radius 1 is 1.21 bits per heavy atom. The smallest absolute Gasteiger partial charge is 0.213 e. The molecule has 0 aromatic heterocycles. The second-order valence-corrected chi connectivity index (χ2v) is 8.72. The van der Waals surface area contributed by atoms with Crippen LogP contribution in [-0.2, 0) is 20.8 Å². The van der Waals surface area contributed by atoms with Crippen molar-refractivity contribution in [2.45, 2.75) is 18.9 Å². The van der Waals surface area contributed by atoms with Gasteiger partial charge in [-0.2, -0.15) is 0 Å². The maximum atomic E-state index is 12.0. The number of nitrogens with zero attached hydrogens (tertiary/aromatic N) is 1. The molecule has 6 nitrogen and oxygen atoms in total. The van der Waals surface area contributed by atoms with E-state index in [-0.39, 0.29) is 11.8 Å². The van der Waals surface area contributed by atoms with Crippen molar-refractivity contribution in [3.8, 4) is 0 Å². The van der Waals surface area contributed by atoms with E-state index >= 15 is 0 Å². The zero-order valence-corrected chi connectivity index (χ0v) is 12.8. The molecular formula is C11H23N3O3S2. The highest BCUT2D eigenvalue weighted by Gasteiger charge is 2.23. The third-order valence-corrected chi connectivity index (χ3v) is 6.41. The van der Waals surface area contributed by atoms with E-state index in [9.17, 15) is 12.6 Å². The molecule has 19 heavy (non-hydrogen) atoms. The molecule has 2 heterocycles. The maximum Gasteiger partial charge on any atom is 0.213 e. The van der Waals surface area contributed by atoms with Crippen LogP contribution >= 0.6 is 0 Å². The molecule has 0 radical (unpaired) electrons. The number of piperazine rings is 1. The molecule has 0 saturated carbocycles. The standard InChI is InChI=1S/C11H23N3O3S2/c15-18-8-1-11(2-9-18)13-19(16,17)10-7-14-5-3-12-4-6-14/h11-13H,1-10H2. The van der Waals surface area contributed by atoms with Crippen molar-refractivity contribution in [1.29, 1.82) is 0 Å². The molecule has 2 N–H and O–H groups in total. The Balaban J connectivity index is 1.73. The average molecular weight is 309 g/mol. The summed E-state index contributed by atoms with van der Waals surface area (Å²) in [5, 5.41) is 3.25. The summed E-state index contributed by atoms with van der Waals surface area (Å²) >= 11 is 0. The summed E-state index contributed by atoms with van der Waals surface area (Å²) in [6.45, 7) is 4.29. The highest BCUT2D eigenvalue weighted by atomic mass is 32.2. The Kier molecular flexibility index (Phi) is 5.76. The van der Waals surface area contributed by atoms with Crippen molar-refractivity contribution < 1.29 is 12.6 Å². The molecule has 0 atom stereocenters. The van der Waals surface area contributed by atoms with Gasteiger partial charge < -0.3 is 5.32 Å². The van der Waals surface area contributed by atoms with Crippen molar-refractivity contribution in [2.24, 2.45) is 0 Å². The minimum Gasteiger partial charge on any atom is -0.314 e. The van der Waals surface area contributed by atoms with Gasteiger partial charge in [-0.25, -0.2) is 13.1 Å². The first-order chi connectivity index (χ1) is 9.05. The highest BCUT2D eigenvalue weighted by molar-refractivity contribution is 7.89. The maximum absolute atomic E-state index is 12.0. The number of rotatable bonds is 5. The van der Waals surface area contributed by atoms with Crippen LogP contribution in [-0.4, -0.2) is 73.6 Å². The van der Waals surface area contributed by atoms with Crippen LogP contribution < -0.4 is 10.0 Å². The number of hydrogen-bond donors (Lipinski definition) is 2. The monoisotopic (exact) mass is 309 g/mol. The summed E-state index contributed by atoms with van der Waals surface area (Å²) in [6, 6.07) is -0.0225. The largest absolute Gasteiger partial charge is 0.314 e. The quantitative estimate of drug-likeness (QED) is 0.661. The molecule has 0 bridgehead atoms. The van der Waals surface area contributed by atoms with Crippen LogP contribution in [0.5, 0.6) is 0 Å². The molecule has 112 valence electrons. The van der Waals surface area contributed by atoms with Crippen LogP contribution in [0.1, 0.15) is 12.8 Å². The van der Waals surface area contributed by atoms with Crippen molar-refractivity contribution in [3.63, 3.8) is 0 Å². The average Bonchev–Trinajstić information content (AvgIpc) is 2.40. The third-order valence-electron chi connectivity index (χ3n) is 3.62. The summed E-state index contributed by atoms with van der Waals surface area (Å²) < 4.78 is 38.0. The minimum atomic E-state index is -3.21. The zero-order valence-electron chi connectivity index (χ0n) is 11.1. The Morgan fingerprint density at radius 3 is 2.47 bits per heavy atom. The summed E-state index contributed by atoms with van der Waals surface area (Å²) in [4.78, 5) is 2.17. The van der Waals surface area contributed by atoms with Crippen LogP contribution in [0, 0.1) is 0 Å². The Labute approximate surface area is 117 Å². The van der Waals surface area contributed by atoms with Gasteiger partial charge in [0, 0.05) is 61.1 Å². The van der Waals surface area contributed by atoms with E-state index < -0.39 is 20.8 Å². The van der Waals surface area contributed by atoms with Gasteiger partial charge in [0.15, 0.2) is 0 Å². The lowest BCUT2D eigenvalue weighted by atomic mass is 10.2. The van der Waals surface area contributed by atoms with E-state index in [0.717, 1.165) is 26.2 Å². The van der Waals surface area contributed by atoms with Gasteiger partial charge in [0.1, 0.15) is 0 Å². The van der Waals surface area contributed by atoms with E-state index in [4.69, 9.17) is 0 Å². The summed E-state index contributed by atoms with van der Waals surface area (Å²) in [5.74, 6) is 1.39. The lowest BCUT2D eigenvalue weighted by Gasteiger charge is -2.27. The van der Waals surface area contributed by atoms with Crippen LogP contribution in [0.4, 0.5) is 0 Å². The molecule has 0 spiro atoms. The Bertz CT molecular complexity index is 397. The SMILES string of the molecule is O=S1CCC(NS(=O)(=O)CCN2CCNCC2)CC1. The van der Waals surface area contributed by atoms with Crippen molar-refractivity contribution in [1.82, 2.24) is 14.9 Å². The molecule has 0 aliphatic carbocycles. The van der Waals surface area contributed by atoms with Gasteiger partial charge in [0.25, 0.3) is 0 Å². The molecule has 2 aliphatic heterocycles. The van der Waals surface area contributed by atoms with E-state index in [1.54, 1.807) is 0 Å². The number of nitrogens with one attached hydrogen (secondary N) is 2. The Morgan fingerprint density at radius 2 is 1.84 bits per heavy atom. The molecular weight excluding hydrogens is 286 g/mol. The molecule has 2 rings (SSSR count). The van der Waals surface area contributed by atoms with Crippen LogP contribution in [0.3, 0.4) is 0 Å². The molecule has 0 aromatic carbocycles. The molecule has 0 aromatic rings. The molecule has 2 aliphatic rings. The molecule has 2 fully saturated rings. The topological polar surface area (TPSA) is 78.5 Å². The predicted molar refractivity (Wildman–Crippen MR) is 77.1 cm³/mol. The van der Waals surface area contributed by atoms with Gasteiger partial charge in [-0.15, -0.1) is 0 Å². The van der Waals surface area contributed by atoms with Crippen LogP contribution in [0.2, 0.25) is 0 Å². The predicted octanol–water partition coefficient (Wildman–Crippen LogP) is -1.28. The van der Waals surface area contributed by atoms with Crippen LogP contribution in [0.15, 0.2) is 0 Å². The van der Waals surface area contributed by atoms with E-state index in [1.165, 1.54) is 0 Å². The normalized spacial score (nSPS) is 30.3.